The third-order valence-electron chi connectivity index (χ3n) is 3.32. The summed E-state index contributed by atoms with van der Waals surface area (Å²) >= 11 is 5.85. The van der Waals surface area contributed by atoms with Crippen molar-refractivity contribution >= 4 is 11.6 Å². The van der Waals surface area contributed by atoms with E-state index >= 15 is 0 Å². The highest BCUT2D eigenvalue weighted by atomic mass is 35.5. The number of ether oxygens (including phenoxy) is 1. The zero-order valence-electron chi connectivity index (χ0n) is 10.5. The van der Waals surface area contributed by atoms with E-state index in [1.165, 1.54) is 5.56 Å². The number of nitrogens with zero attached hydrogens (tertiary/aromatic N) is 2. The lowest BCUT2D eigenvalue weighted by atomic mass is 10.1. The SMILES string of the molecule is Clc1ccc(CCc2nc([C@@H]3CCOC3)no2)cc1. The quantitative estimate of drug-likeness (QED) is 0.862. The molecule has 0 bridgehead atoms. The summed E-state index contributed by atoms with van der Waals surface area (Å²) < 4.78 is 10.6. The molecule has 1 saturated heterocycles. The van der Waals surface area contributed by atoms with Gasteiger partial charge >= 0.3 is 0 Å². The highest BCUT2D eigenvalue weighted by Gasteiger charge is 2.22. The topological polar surface area (TPSA) is 48.2 Å². The lowest BCUT2D eigenvalue weighted by Crippen LogP contribution is -2.00. The summed E-state index contributed by atoms with van der Waals surface area (Å²) in [4.78, 5) is 4.44. The van der Waals surface area contributed by atoms with Gasteiger partial charge in [-0.15, -0.1) is 0 Å². The molecule has 0 N–H and O–H groups in total. The molecule has 1 aliphatic heterocycles. The molecule has 5 heteroatoms. The Morgan fingerprint density at radius 1 is 1.21 bits per heavy atom. The van der Waals surface area contributed by atoms with Gasteiger partial charge in [0.15, 0.2) is 5.82 Å². The number of aryl methyl sites for hydroxylation is 2. The molecule has 1 aromatic heterocycles. The predicted octanol–water partition coefficient (Wildman–Crippen LogP) is 3.01. The van der Waals surface area contributed by atoms with Crippen LogP contribution in [0.15, 0.2) is 28.8 Å². The van der Waals surface area contributed by atoms with Gasteiger partial charge in [-0.25, -0.2) is 0 Å². The molecule has 2 aromatic rings. The van der Waals surface area contributed by atoms with Crippen LogP contribution in [0.25, 0.3) is 0 Å². The molecular formula is C14H15ClN2O2. The number of hydrogen-bond acceptors (Lipinski definition) is 4. The summed E-state index contributed by atoms with van der Waals surface area (Å²) in [5, 5.41) is 4.79. The maximum Gasteiger partial charge on any atom is 0.226 e. The molecule has 2 heterocycles. The molecule has 4 nitrogen and oxygen atoms in total. The van der Waals surface area contributed by atoms with Crippen LogP contribution in [0.4, 0.5) is 0 Å². The average molecular weight is 279 g/mol. The Balaban J connectivity index is 1.59. The molecule has 100 valence electrons. The number of rotatable bonds is 4. The Morgan fingerprint density at radius 3 is 2.79 bits per heavy atom. The summed E-state index contributed by atoms with van der Waals surface area (Å²) in [5.41, 5.74) is 1.22. The van der Waals surface area contributed by atoms with Crippen molar-refractivity contribution in [1.82, 2.24) is 10.1 Å². The number of aromatic nitrogens is 2. The van der Waals surface area contributed by atoms with Crippen LogP contribution < -0.4 is 0 Å². The van der Waals surface area contributed by atoms with Crippen molar-refractivity contribution < 1.29 is 9.26 Å². The van der Waals surface area contributed by atoms with E-state index in [-0.39, 0.29) is 0 Å². The van der Waals surface area contributed by atoms with Gasteiger partial charge in [0.1, 0.15) is 0 Å². The van der Waals surface area contributed by atoms with Gasteiger partial charge in [-0.2, -0.15) is 4.98 Å². The Kier molecular flexibility index (Phi) is 3.80. The third-order valence-corrected chi connectivity index (χ3v) is 3.57. The largest absolute Gasteiger partial charge is 0.381 e. The standard InChI is InChI=1S/C14H15ClN2O2/c15-12-4-1-10(2-5-12)3-6-13-16-14(17-19-13)11-7-8-18-9-11/h1-2,4-5,11H,3,6-9H2/t11-/m1/s1. The summed E-state index contributed by atoms with van der Waals surface area (Å²) in [6.07, 6.45) is 2.61. The molecule has 0 saturated carbocycles. The van der Waals surface area contributed by atoms with Crippen LogP contribution in [0.1, 0.15) is 29.6 Å². The van der Waals surface area contributed by atoms with Gasteiger partial charge in [-0.1, -0.05) is 28.9 Å². The first-order valence-corrected chi connectivity index (χ1v) is 6.84. The summed E-state index contributed by atoms with van der Waals surface area (Å²) in [7, 11) is 0. The van der Waals surface area contributed by atoms with Crippen LogP contribution in [0, 0.1) is 0 Å². The van der Waals surface area contributed by atoms with Gasteiger partial charge in [0.25, 0.3) is 0 Å². The Bertz CT molecular complexity index is 533. The molecule has 19 heavy (non-hydrogen) atoms. The zero-order valence-corrected chi connectivity index (χ0v) is 11.3. The molecular weight excluding hydrogens is 264 g/mol. The molecule has 1 aromatic carbocycles. The van der Waals surface area contributed by atoms with Crippen LogP contribution >= 0.6 is 11.6 Å². The van der Waals surface area contributed by atoms with Crippen molar-refractivity contribution in [3.05, 3.63) is 46.6 Å². The second-order valence-electron chi connectivity index (χ2n) is 4.73. The van der Waals surface area contributed by atoms with Crippen molar-refractivity contribution in [2.45, 2.75) is 25.2 Å². The molecule has 0 radical (unpaired) electrons. The first-order chi connectivity index (χ1) is 9.31. The zero-order chi connectivity index (χ0) is 13.1. The third kappa shape index (κ3) is 3.14. The lowest BCUT2D eigenvalue weighted by molar-refractivity contribution is 0.192. The molecule has 1 fully saturated rings. The normalized spacial score (nSPS) is 18.9. The number of benzene rings is 1. The van der Waals surface area contributed by atoms with E-state index in [1.54, 1.807) is 0 Å². The number of halogens is 1. The smallest absolute Gasteiger partial charge is 0.226 e. The highest BCUT2D eigenvalue weighted by molar-refractivity contribution is 6.30. The van der Waals surface area contributed by atoms with Crippen molar-refractivity contribution in [2.24, 2.45) is 0 Å². The molecule has 3 rings (SSSR count). The van der Waals surface area contributed by atoms with Crippen LogP contribution in [-0.4, -0.2) is 23.4 Å². The van der Waals surface area contributed by atoms with Gasteiger partial charge in [-0.05, 0) is 30.5 Å². The first kappa shape index (κ1) is 12.6. The van der Waals surface area contributed by atoms with Crippen LogP contribution in [0.2, 0.25) is 5.02 Å². The van der Waals surface area contributed by atoms with E-state index < -0.39 is 0 Å². The van der Waals surface area contributed by atoms with Crippen LogP contribution in [0.3, 0.4) is 0 Å². The van der Waals surface area contributed by atoms with E-state index in [0.717, 1.165) is 36.7 Å². The Labute approximate surface area is 116 Å². The van der Waals surface area contributed by atoms with Gasteiger partial charge < -0.3 is 9.26 Å². The highest BCUT2D eigenvalue weighted by Crippen LogP contribution is 2.22. The first-order valence-electron chi connectivity index (χ1n) is 6.46. The lowest BCUT2D eigenvalue weighted by Gasteiger charge is -1.99. The van der Waals surface area contributed by atoms with E-state index in [0.29, 0.717) is 18.4 Å². The van der Waals surface area contributed by atoms with Gasteiger partial charge in [-0.3, -0.25) is 0 Å². The van der Waals surface area contributed by atoms with Crippen LogP contribution in [-0.2, 0) is 17.6 Å². The summed E-state index contributed by atoms with van der Waals surface area (Å²) in [6.45, 7) is 1.50. The minimum absolute atomic E-state index is 0.299. The molecule has 1 aliphatic rings. The summed E-state index contributed by atoms with van der Waals surface area (Å²) in [6, 6.07) is 7.83. The minimum Gasteiger partial charge on any atom is -0.381 e. The molecule has 1 atom stereocenters. The molecule has 0 amide bonds. The van der Waals surface area contributed by atoms with E-state index in [9.17, 15) is 0 Å². The average Bonchev–Trinajstić information content (AvgIpc) is 3.09. The van der Waals surface area contributed by atoms with Gasteiger partial charge in [0, 0.05) is 24.0 Å². The number of hydrogen-bond donors (Lipinski definition) is 0. The van der Waals surface area contributed by atoms with Gasteiger partial charge in [0.2, 0.25) is 5.89 Å². The maximum absolute atomic E-state index is 5.85. The van der Waals surface area contributed by atoms with Crippen molar-refractivity contribution in [3.8, 4) is 0 Å². The van der Waals surface area contributed by atoms with E-state index in [1.807, 2.05) is 24.3 Å². The fourth-order valence-corrected chi connectivity index (χ4v) is 2.30. The van der Waals surface area contributed by atoms with Crippen molar-refractivity contribution in [3.63, 3.8) is 0 Å². The van der Waals surface area contributed by atoms with E-state index in [4.69, 9.17) is 20.9 Å². The minimum atomic E-state index is 0.299. The maximum atomic E-state index is 5.85. The second-order valence-corrected chi connectivity index (χ2v) is 5.17. The second kappa shape index (κ2) is 5.72. The van der Waals surface area contributed by atoms with E-state index in [2.05, 4.69) is 10.1 Å². The summed E-state index contributed by atoms with van der Waals surface area (Å²) in [5.74, 6) is 1.77. The fourth-order valence-electron chi connectivity index (χ4n) is 2.18. The Morgan fingerprint density at radius 2 is 2.05 bits per heavy atom. The molecule has 0 aliphatic carbocycles. The Hall–Kier alpha value is -1.39. The van der Waals surface area contributed by atoms with Gasteiger partial charge in [0.05, 0.1) is 6.61 Å². The monoisotopic (exact) mass is 278 g/mol. The fraction of sp³-hybridized carbons (Fsp3) is 0.429. The molecule has 0 unspecified atom stereocenters. The predicted molar refractivity (Wildman–Crippen MR) is 71.3 cm³/mol. The van der Waals surface area contributed by atoms with Crippen molar-refractivity contribution in [1.29, 1.82) is 0 Å². The van der Waals surface area contributed by atoms with Crippen molar-refractivity contribution in [2.75, 3.05) is 13.2 Å². The van der Waals surface area contributed by atoms with Crippen LogP contribution in [0.5, 0.6) is 0 Å². The molecule has 0 spiro atoms.